The standard InChI is InChI=1S/C16H25NS/c1-12(2)14-4-6-15(7-5-14)13(3)17-16-8-10-18-11-9-16/h4-7,12-13,16-17H,8-11H2,1-3H3. The normalized spacial score (nSPS) is 19.1. The van der Waals surface area contributed by atoms with Crippen LogP contribution in [-0.4, -0.2) is 17.5 Å². The molecule has 0 bridgehead atoms. The largest absolute Gasteiger partial charge is 0.307 e. The maximum absolute atomic E-state index is 3.77. The summed E-state index contributed by atoms with van der Waals surface area (Å²) in [5.41, 5.74) is 2.85. The highest BCUT2D eigenvalue weighted by Gasteiger charge is 2.16. The Hall–Kier alpha value is -0.470. The molecule has 0 aliphatic carbocycles. The van der Waals surface area contributed by atoms with Crippen LogP contribution in [0.15, 0.2) is 24.3 Å². The molecule has 1 aliphatic rings. The highest BCUT2D eigenvalue weighted by atomic mass is 32.2. The molecule has 1 aromatic carbocycles. The predicted molar refractivity (Wildman–Crippen MR) is 82.4 cm³/mol. The first-order valence-corrected chi connectivity index (χ1v) is 8.26. The minimum absolute atomic E-state index is 0.472. The second-order valence-electron chi connectivity index (χ2n) is 5.60. The molecule has 18 heavy (non-hydrogen) atoms. The van der Waals surface area contributed by atoms with Crippen LogP contribution in [0.25, 0.3) is 0 Å². The van der Waals surface area contributed by atoms with E-state index in [1.54, 1.807) is 0 Å². The van der Waals surface area contributed by atoms with Crippen LogP contribution in [0.1, 0.15) is 56.7 Å². The number of hydrogen-bond acceptors (Lipinski definition) is 2. The molecule has 1 unspecified atom stereocenters. The van der Waals surface area contributed by atoms with E-state index in [1.165, 1.54) is 35.5 Å². The van der Waals surface area contributed by atoms with Crippen molar-refractivity contribution in [1.29, 1.82) is 0 Å². The Labute approximate surface area is 116 Å². The van der Waals surface area contributed by atoms with Crippen LogP contribution in [0.4, 0.5) is 0 Å². The zero-order chi connectivity index (χ0) is 13.0. The molecule has 0 aromatic heterocycles. The van der Waals surface area contributed by atoms with Gasteiger partial charge in [-0.3, -0.25) is 0 Å². The number of nitrogens with one attached hydrogen (secondary N) is 1. The summed E-state index contributed by atoms with van der Waals surface area (Å²) < 4.78 is 0. The molecule has 1 nitrogen and oxygen atoms in total. The van der Waals surface area contributed by atoms with E-state index in [9.17, 15) is 0 Å². The van der Waals surface area contributed by atoms with Crippen LogP contribution in [0.3, 0.4) is 0 Å². The Morgan fingerprint density at radius 1 is 1.00 bits per heavy atom. The van der Waals surface area contributed by atoms with E-state index in [-0.39, 0.29) is 0 Å². The molecule has 1 N–H and O–H groups in total. The van der Waals surface area contributed by atoms with Crippen LogP contribution in [-0.2, 0) is 0 Å². The molecule has 1 atom stereocenters. The fraction of sp³-hybridized carbons (Fsp3) is 0.625. The van der Waals surface area contributed by atoms with E-state index in [0.717, 1.165) is 0 Å². The fourth-order valence-corrected chi connectivity index (χ4v) is 3.59. The van der Waals surface area contributed by atoms with Crippen molar-refractivity contribution in [2.45, 2.75) is 51.6 Å². The number of benzene rings is 1. The average molecular weight is 263 g/mol. The van der Waals surface area contributed by atoms with Gasteiger partial charge in [0.25, 0.3) is 0 Å². The average Bonchev–Trinajstić information content (AvgIpc) is 2.40. The molecule has 100 valence electrons. The van der Waals surface area contributed by atoms with Crippen molar-refractivity contribution in [3.8, 4) is 0 Å². The van der Waals surface area contributed by atoms with Crippen LogP contribution in [0, 0.1) is 0 Å². The zero-order valence-electron chi connectivity index (χ0n) is 11.8. The summed E-state index contributed by atoms with van der Waals surface area (Å²) in [5.74, 6) is 3.26. The van der Waals surface area contributed by atoms with Crippen molar-refractivity contribution < 1.29 is 0 Å². The monoisotopic (exact) mass is 263 g/mol. The topological polar surface area (TPSA) is 12.0 Å². The minimum Gasteiger partial charge on any atom is -0.307 e. The van der Waals surface area contributed by atoms with Gasteiger partial charge in [0.2, 0.25) is 0 Å². The van der Waals surface area contributed by atoms with Crippen molar-refractivity contribution in [1.82, 2.24) is 5.32 Å². The molecule has 1 aliphatic heterocycles. The summed E-state index contributed by atoms with van der Waals surface area (Å²) in [7, 11) is 0. The van der Waals surface area contributed by atoms with Crippen molar-refractivity contribution in [3.63, 3.8) is 0 Å². The zero-order valence-corrected chi connectivity index (χ0v) is 12.6. The van der Waals surface area contributed by atoms with E-state index in [0.29, 0.717) is 18.0 Å². The Kier molecular flexibility index (Phi) is 5.13. The Bertz CT molecular complexity index is 352. The lowest BCUT2D eigenvalue weighted by atomic mass is 9.99. The van der Waals surface area contributed by atoms with E-state index in [1.807, 2.05) is 0 Å². The first-order chi connectivity index (χ1) is 8.66. The quantitative estimate of drug-likeness (QED) is 0.866. The van der Waals surface area contributed by atoms with Crippen LogP contribution >= 0.6 is 11.8 Å². The Morgan fingerprint density at radius 3 is 2.11 bits per heavy atom. The maximum atomic E-state index is 3.77. The van der Waals surface area contributed by atoms with Gasteiger partial charge in [-0.25, -0.2) is 0 Å². The third-order valence-corrected chi connectivity index (χ3v) is 4.86. The SMILES string of the molecule is CC(C)c1ccc(C(C)NC2CCSCC2)cc1. The number of thioether (sulfide) groups is 1. The van der Waals surface area contributed by atoms with Crippen molar-refractivity contribution >= 4 is 11.8 Å². The third kappa shape index (κ3) is 3.76. The van der Waals surface area contributed by atoms with Crippen LogP contribution < -0.4 is 5.32 Å². The molecule has 0 spiro atoms. The van der Waals surface area contributed by atoms with E-state index >= 15 is 0 Å². The molecule has 2 heteroatoms. The lowest BCUT2D eigenvalue weighted by Gasteiger charge is -2.26. The summed E-state index contributed by atoms with van der Waals surface area (Å²) >= 11 is 2.09. The van der Waals surface area contributed by atoms with Crippen LogP contribution in [0.2, 0.25) is 0 Å². The molecule has 0 radical (unpaired) electrons. The summed E-state index contributed by atoms with van der Waals surface area (Å²) in [4.78, 5) is 0. The van der Waals surface area contributed by atoms with Gasteiger partial charge in [-0.15, -0.1) is 0 Å². The van der Waals surface area contributed by atoms with E-state index < -0.39 is 0 Å². The molecule has 2 rings (SSSR count). The summed E-state index contributed by atoms with van der Waals surface area (Å²) in [6.07, 6.45) is 2.64. The molecular weight excluding hydrogens is 238 g/mol. The lowest BCUT2D eigenvalue weighted by Crippen LogP contribution is -2.34. The molecule has 1 saturated heterocycles. The van der Waals surface area contributed by atoms with E-state index in [2.05, 4.69) is 62.1 Å². The molecule has 1 fully saturated rings. The van der Waals surface area contributed by atoms with Gasteiger partial charge in [-0.2, -0.15) is 11.8 Å². The fourth-order valence-electron chi connectivity index (χ4n) is 2.48. The van der Waals surface area contributed by atoms with Gasteiger partial charge in [0.1, 0.15) is 0 Å². The van der Waals surface area contributed by atoms with Crippen LogP contribution in [0.5, 0.6) is 0 Å². The Morgan fingerprint density at radius 2 is 1.56 bits per heavy atom. The highest BCUT2D eigenvalue weighted by molar-refractivity contribution is 7.99. The van der Waals surface area contributed by atoms with Crippen molar-refractivity contribution in [2.24, 2.45) is 0 Å². The Balaban J connectivity index is 1.93. The van der Waals surface area contributed by atoms with Gasteiger partial charge in [0.05, 0.1) is 0 Å². The smallest absolute Gasteiger partial charge is 0.0294 e. The second-order valence-corrected chi connectivity index (χ2v) is 6.82. The summed E-state index contributed by atoms with van der Waals surface area (Å²) in [6.45, 7) is 6.78. The third-order valence-electron chi connectivity index (χ3n) is 3.81. The van der Waals surface area contributed by atoms with Crippen molar-refractivity contribution in [2.75, 3.05) is 11.5 Å². The van der Waals surface area contributed by atoms with Gasteiger partial charge in [-0.1, -0.05) is 38.1 Å². The molecule has 0 amide bonds. The minimum atomic E-state index is 0.472. The van der Waals surface area contributed by atoms with Gasteiger partial charge in [0, 0.05) is 12.1 Å². The van der Waals surface area contributed by atoms with E-state index in [4.69, 9.17) is 0 Å². The molecule has 1 heterocycles. The number of hydrogen-bond donors (Lipinski definition) is 1. The highest BCUT2D eigenvalue weighted by Crippen LogP contribution is 2.22. The molecule has 0 saturated carbocycles. The molecule has 1 aromatic rings. The first kappa shape index (κ1) is 14.0. The van der Waals surface area contributed by atoms with Gasteiger partial charge >= 0.3 is 0 Å². The van der Waals surface area contributed by atoms with Gasteiger partial charge in [0.15, 0.2) is 0 Å². The summed E-state index contributed by atoms with van der Waals surface area (Å²) in [5, 5.41) is 3.77. The predicted octanol–water partition coefficient (Wildman–Crippen LogP) is 4.36. The number of rotatable bonds is 4. The molecular formula is C16H25NS. The lowest BCUT2D eigenvalue weighted by molar-refractivity contribution is 0.431. The van der Waals surface area contributed by atoms with Gasteiger partial charge in [-0.05, 0) is 48.3 Å². The first-order valence-electron chi connectivity index (χ1n) is 7.10. The second kappa shape index (κ2) is 6.63. The maximum Gasteiger partial charge on any atom is 0.0294 e. The van der Waals surface area contributed by atoms with Crippen molar-refractivity contribution in [3.05, 3.63) is 35.4 Å². The summed E-state index contributed by atoms with van der Waals surface area (Å²) in [6, 6.07) is 10.3. The van der Waals surface area contributed by atoms with Gasteiger partial charge < -0.3 is 5.32 Å².